The molecule has 108 valence electrons. The first-order valence-electron chi connectivity index (χ1n) is 6.15. The number of hydrogen-bond donors (Lipinski definition) is 4. The van der Waals surface area contributed by atoms with Gasteiger partial charge in [-0.3, -0.25) is 4.79 Å². The number of nitrogens with one attached hydrogen (secondary N) is 1. The van der Waals surface area contributed by atoms with Gasteiger partial charge in [0.2, 0.25) is 0 Å². The lowest BCUT2D eigenvalue weighted by molar-refractivity contribution is -0.0241. The average Bonchev–Trinajstić information content (AvgIpc) is 2.70. The second-order valence-corrected chi connectivity index (χ2v) is 4.55. The molecule has 2 rings (SSSR count). The lowest BCUT2D eigenvalue weighted by atomic mass is 10.0. The molecule has 1 aromatic rings. The van der Waals surface area contributed by atoms with Crippen LogP contribution in [0.4, 0.5) is 0 Å². The summed E-state index contributed by atoms with van der Waals surface area (Å²) < 4.78 is 5.40. The first-order chi connectivity index (χ1) is 9.49. The molecular weight excluding hydrogens is 264 g/mol. The molecule has 4 atom stereocenters. The fourth-order valence-corrected chi connectivity index (χ4v) is 2.11. The SMILES string of the molecule is CC#Cc1[nH]c(=O)c(C)nc1C1OC(CO)C(O)C1O. The summed E-state index contributed by atoms with van der Waals surface area (Å²) in [6.45, 7) is 2.69. The van der Waals surface area contributed by atoms with Crippen LogP contribution in [0.3, 0.4) is 0 Å². The zero-order valence-corrected chi connectivity index (χ0v) is 11.1. The van der Waals surface area contributed by atoms with Crippen LogP contribution in [0.1, 0.15) is 30.1 Å². The zero-order valence-electron chi connectivity index (χ0n) is 11.1. The van der Waals surface area contributed by atoms with E-state index < -0.39 is 31.0 Å². The molecule has 7 nitrogen and oxygen atoms in total. The van der Waals surface area contributed by atoms with Gasteiger partial charge in [-0.15, -0.1) is 0 Å². The Morgan fingerprint density at radius 1 is 1.40 bits per heavy atom. The molecule has 0 saturated carbocycles. The van der Waals surface area contributed by atoms with E-state index in [1.54, 1.807) is 6.92 Å². The van der Waals surface area contributed by atoms with Crippen LogP contribution < -0.4 is 5.56 Å². The molecule has 4 N–H and O–H groups in total. The number of ether oxygens (including phenoxy) is 1. The Labute approximate surface area is 115 Å². The topological polar surface area (TPSA) is 116 Å². The second kappa shape index (κ2) is 5.73. The van der Waals surface area contributed by atoms with Crippen molar-refractivity contribution in [1.29, 1.82) is 0 Å². The van der Waals surface area contributed by atoms with Gasteiger partial charge < -0.3 is 25.0 Å². The van der Waals surface area contributed by atoms with Crippen LogP contribution in [0.5, 0.6) is 0 Å². The number of aryl methyl sites for hydroxylation is 1. The van der Waals surface area contributed by atoms with Gasteiger partial charge in [0.1, 0.15) is 41.5 Å². The summed E-state index contributed by atoms with van der Waals surface area (Å²) in [6, 6.07) is 0. The van der Waals surface area contributed by atoms with Crippen molar-refractivity contribution in [2.24, 2.45) is 0 Å². The molecule has 1 saturated heterocycles. The minimum absolute atomic E-state index is 0.208. The Kier molecular flexibility index (Phi) is 4.20. The number of rotatable bonds is 2. The Hall–Kier alpha value is -1.72. The van der Waals surface area contributed by atoms with Crippen molar-refractivity contribution in [3.8, 4) is 11.8 Å². The fourth-order valence-electron chi connectivity index (χ4n) is 2.11. The minimum atomic E-state index is -1.25. The summed E-state index contributed by atoms with van der Waals surface area (Å²) in [5.41, 5.74) is 0.314. The Morgan fingerprint density at radius 2 is 2.10 bits per heavy atom. The molecule has 7 heteroatoms. The van der Waals surface area contributed by atoms with Crippen LogP contribution in [0, 0.1) is 18.8 Å². The number of aromatic nitrogens is 2. The van der Waals surface area contributed by atoms with Crippen LogP contribution >= 0.6 is 0 Å². The molecule has 2 heterocycles. The van der Waals surface area contributed by atoms with E-state index in [-0.39, 0.29) is 22.6 Å². The van der Waals surface area contributed by atoms with Gasteiger partial charge in [0.25, 0.3) is 5.56 Å². The van der Waals surface area contributed by atoms with E-state index in [0.29, 0.717) is 0 Å². The highest BCUT2D eigenvalue weighted by atomic mass is 16.6. The smallest absolute Gasteiger partial charge is 0.270 e. The maximum atomic E-state index is 11.6. The molecule has 0 bridgehead atoms. The summed E-state index contributed by atoms with van der Waals surface area (Å²) in [5, 5.41) is 28.9. The van der Waals surface area contributed by atoms with Crippen molar-refractivity contribution in [2.75, 3.05) is 6.61 Å². The van der Waals surface area contributed by atoms with E-state index in [4.69, 9.17) is 9.84 Å². The van der Waals surface area contributed by atoms with E-state index in [1.807, 2.05) is 0 Å². The van der Waals surface area contributed by atoms with Gasteiger partial charge in [0.05, 0.1) is 6.61 Å². The van der Waals surface area contributed by atoms with E-state index >= 15 is 0 Å². The third kappa shape index (κ3) is 2.46. The molecule has 0 amide bonds. The molecule has 0 radical (unpaired) electrons. The highest BCUT2D eigenvalue weighted by Gasteiger charge is 2.44. The standard InChI is InChI=1S/C13H16N2O5/c1-3-4-7-9(14-6(2)13(19)15-7)12-11(18)10(17)8(5-16)20-12/h8,10-12,16-18H,5H2,1-2H3,(H,15,19). The second-order valence-electron chi connectivity index (χ2n) is 4.55. The van der Waals surface area contributed by atoms with Crippen LogP contribution in [0.15, 0.2) is 4.79 Å². The number of nitrogens with zero attached hydrogens (tertiary/aromatic N) is 1. The third-order valence-corrected chi connectivity index (χ3v) is 3.17. The van der Waals surface area contributed by atoms with Crippen molar-refractivity contribution in [3.05, 3.63) is 27.4 Å². The molecule has 0 spiro atoms. The summed E-state index contributed by atoms with van der Waals surface area (Å²) in [6.07, 6.45) is -4.32. The van der Waals surface area contributed by atoms with Crippen LogP contribution in [-0.2, 0) is 4.74 Å². The van der Waals surface area contributed by atoms with Crippen molar-refractivity contribution in [1.82, 2.24) is 9.97 Å². The summed E-state index contributed by atoms with van der Waals surface area (Å²) in [4.78, 5) is 18.2. The van der Waals surface area contributed by atoms with Gasteiger partial charge in [0, 0.05) is 0 Å². The highest BCUT2D eigenvalue weighted by Crippen LogP contribution is 2.33. The average molecular weight is 280 g/mol. The lowest BCUT2D eigenvalue weighted by Crippen LogP contribution is -2.32. The van der Waals surface area contributed by atoms with E-state index in [9.17, 15) is 15.0 Å². The van der Waals surface area contributed by atoms with Gasteiger partial charge in [-0.1, -0.05) is 5.92 Å². The zero-order chi connectivity index (χ0) is 14.9. The Balaban J connectivity index is 2.49. The fraction of sp³-hybridized carbons (Fsp3) is 0.538. The van der Waals surface area contributed by atoms with Gasteiger partial charge in [-0.2, -0.15) is 0 Å². The predicted octanol–water partition coefficient (Wildman–Crippen LogP) is -1.40. The molecule has 20 heavy (non-hydrogen) atoms. The molecule has 1 fully saturated rings. The largest absolute Gasteiger partial charge is 0.394 e. The van der Waals surface area contributed by atoms with Crippen molar-refractivity contribution in [3.63, 3.8) is 0 Å². The quantitative estimate of drug-likeness (QED) is 0.495. The summed E-state index contributed by atoms with van der Waals surface area (Å²) in [7, 11) is 0. The van der Waals surface area contributed by atoms with E-state index in [0.717, 1.165) is 0 Å². The first-order valence-corrected chi connectivity index (χ1v) is 6.15. The Bertz CT molecular complexity index is 615. The summed E-state index contributed by atoms with van der Waals surface area (Å²) in [5.74, 6) is 5.32. The van der Waals surface area contributed by atoms with Crippen molar-refractivity contribution in [2.45, 2.75) is 38.3 Å². The number of aliphatic hydroxyl groups is 3. The third-order valence-electron chi connectivity index (χ3n) is 3.17. The maximum absolute atomic E-state index is 11.6. The number of hydrogen-bond acceptors (Lipinski definition) is 6. The number of aromatic amines is 1. The van der Waals surface area contributed by atoms with E-state index in [2.05, 4.69) is 21.8 Å². The maximum Gasteiger partial charge on any atom is 0.270 e. The van der Waals surface area contributed by atoms with Crippen LogP contribution in [0.2, 0.25) is 0 Å². The predicted molar refractivity (Wildman–Crippen MR) is 68.9 cm³/mol. The number of aliphatic hydroxyl groups excluding tert-OH is 3. The first kappa shape index (κ1) is 14.7. The molecule has 0 aromatic carbocycles. The minimum Gasteiger partial charge on any atom is -0.394 e. The monoisotopic (exact) mass is 280 g/mol. The van der Waals surface area contributed by atoms with Gasteiger partial charge in [0.15, 0.2) is 0 Å². The lowest BCUT2D eigenvalue weighted by Gasteiger charge is -2.15. The van der Waals surface area contributed by atoms with Crippen molar-refractivity contribution < 1.29 is 20.1 Å². The molecule has 1 aliphatic heterocycles. The highest BCUT2D eigenvalue weighted by molar-refractivity contribution is 5.34. The summed E-state index contributed by atoms with van der Waals surface area (Å²) >= 11 is 0. The molecule has 0 aliphatic carbocycles. The van der Waals surface area contributed by atoms with Crippen molar-refractivity contribution >= 4 is 0 Å². The molecular formula is C13H16N2O5. The molecule has 1 aliphatic rings. The van der Waals surface area contributed by atoms with E-state index in [1.165, 1.54) is 6.92 Å². The van der Waals surface area contributed by atoms with Crippen LogP contribution in [0.25, 0.3) is 0 Å². The normalized spacial score (nSPS) is 29.1. The molecule has 1 aromatic heterocycles. The van der Waals surface area contributed by atoms with Crippen LogP contribution in [-0.4, -0.2) is 50.2 Å². The Morgan fingerprint density at radius 3 is 2.65 bits per heavy atom. The van der Waals surface area contributed by atoms with Gasteiger partial charge in [-0.25, -0.2) is 4.98 Å². The van der Waals surface area contributed by atoms with Gasteiger partial charge in [-0.05, 0) is 19.8 Å². The van der Waals surface area contributed by atoms with Gasteiger partial charge >= 0.3 is 0 Å². The molecule has 4 unspecified atom stereocenters. The number of H-pyrrole nitrogens is 1.